The summed E-state index contributed by atoms with van der Waals surface area (Å²) in [6.07, 6.45) is -0.0822. The second-order valence-electron chi connectivity index (χ2n) is 6.44. The van der Waals surface area contributed by atoms with Crippen LogP contribution in [0.4, 0.5) is 0 Å². The van der Waals surface area contributed by atoms with E-state index in [4.69, 9.17) is 9.47 Å². The molecule has 0 aliphatic rings. The third kappa shape index (κ3) is 8.10. The number of methoxy groups -OCH3 is 1. The summed E-state index contributed by atoms with van der Waals surface area (Å²) in [7, 11) is 3.35. The van der Waals surface area contributed by atoms with Gasteiger partial charge in [0.2, 0.25) is 0 Å². The molecule has 2 aromatic rings. The van der Waals surface area contributed by atoms with E-state index in [1.807, 2.05) is 62.4 Å². The summed E-state index contributed by atoms with van der Waals surface area (Å²) in [6.45, 7) is 5.66. The van der Waals surface area contributed by atoms with Gasteiger partial charge in [-0.1, -0.05) is 24.3 Å². The van der Waals surface area contributed by atoms with E-state index >= 15 is 0 Å². The zero-order valence-corrected chi connectivity index (χ0v) is 20.2. The molecule has 0 heterocycles. The number of hydrogen-bond acceptors (Lipinski definition) is 4. The van der Waals surface area contributed by atoms with Crippen molar-refractivity contribution in [1.29, 1.82) is 0 Å². The maximum absolute atomic E-state index is 11.8. The fourth-order valence-electron chi connectivity index (χ4n) is 2.66. The number of nitrogens with one attached hydrogen (secondary N) is 3. The van der Waals surface area contributed by atoms with Crippen LogP contribution in [0.1, 0.15) is 29.8 Å². The predicted molar refractivity (Wildman–Crippen MR) is 131 cm³/mol. The Morgan fingerprint density at radius 1 is 1.03 bits per heavy atom. The zero-order valence-electron chi connectivity index (χ0n) is 17.9. The maximum Gasteiger partial charge on any atom is 0.251 e. The van der Waals surface area contributed by atoms with E-state index < -0.39 is 0 Å². The Kier molecular flexibility index (Phi) is 11.7. The molecule has 8 heteroatoms. The van der Waals surface area contributed by atoms with Gasteiger partial charge in [0.1, 0.15) is 6.10 Å². The van der Waals surface area contributed by atoms with Gasteiger partial charge in [0.15, 0.2) is 17.5 Å². The largest absolute Gasteiger partial charge is 0.493 e. The molecule has 0 aromatic heterocycles. The lowest BCUT2D eigenvalue weighted by atomic mass is 10.1. The van der Waals surface area contributed by atoms with Crippen molar-refractivity contribution in [2.45, 2.75) is 26.5 Å². The fraction of sp³-hybridized carbons (Fsp3) is 0.364. The van der Waals surface area contributed by atoms with Crippen molar-refractivity contribution in [3.63, 3.8) is 0 Å². The molecule has 7 nitrogen and oxygen atoms in total. The monoisotopic (exact) mass is 526 g/mol. The molecular formula is C22H31IN4O3. The maximum atomic E-state index is 11.8. The highest BCUT2D eigenvalue weighted by atomic mass is 127. The molecule has 2 rings (SSSR count). The summed E-state index contributed by atoms with van der Waals surface area (Å²) in [4.78, 5) is 16.0. The number of carbonyl (C=O) groups is 1. The molecule has 164 valence electrons. The molecular weight excluding hydrogens is 495 g/mol. The Morgan fingerprint density at radius 2 is 1.70 bits per heavy atom. The van der Waals surface area contributed by atoms with Crippen molar-refractivity contribution in [3.8, 4) is 11.5 Å². The quantitative estimate of drug-likeness (QED) is 0.266. The lowest BCUT2D eigenvalue weighted by Crippen LogP contribution is -2.41. The lowest BCUT2D eigenvalue weighted by Gasteiger charge is -2.19. The van der Waals surface area contributed by atoms with Crippen LogP contribution >= 0.6 is 24.0 Å². The van der Waals surface area contributed by atoms with E-state index in [1.54, 1.807) is 14.2 Å². The zero-order chi connectivity index (χ0) is 21.1. The number of halogens is 1. The smallest absolute Gasteiger partial charge is 0.251 e. The number of nitrogens with zero attached hydrogens (tertiary/aromatic N) is 1. The molecule has 0 spiro atoms. The first-order valence-electron chi connectivity index (χ1n) is 9.68. The molecule has 0 fully saturated rings. The van der Waals surface area contributed by atoms with E-state index in [2.05, 4.69) is 20.9 Å². The number of hydrogen-bond donors (Lipinski definition) is 3. The van der Waals surface area contributed by atoms with Crippen LogP contribution in [0.2, 0.25) is 0 Å². The SMILES string of the molecule is CCNC(=O)c1ccc(CNC(=NC)NCC(C)Oc2ccccc2OC)cc1.I. The average molecular weight is 526 g/mol. The lowest BCUT2D eigenvalue weighted by molar-refractivity contribution is 0.0956. The standard InChI is InChI=1S/C22H30N4O3.HI/c1-5-24-21(27)18-12-10-17(11-13-18)15-26-22(23-3)25-14-16(2)29-20-9-7-6-8-19(20)28-4;/h6-13,16H,5,14-15H2,1-4H3,(H,24,27)(H2,23,25,26);1H. The van der Waals surface area contributed by atoms with Gasteiger partial charge in [-0.15, -0.1) is 24.0 Å². The molecule has 2 aromatic carbocycles. The molecule has 0 saturated carbocycles. The van der Waals surface area contributed by atoms with E-state index in [0.717, 1.165) is 5.56 Å². The minimum absolute atomic E-state index is 0. The van der Waals surface area contributed by atoms with Crippen LogP contribution in [0, 0.1) is 0 Å². The second-order valence-corrected chi connectivity index (χ2v) is 6.44. The average Bonchev–Trinajstić information content (AvgIpc) is 2.74. The summed E-state index contributed by atoms with van der Waals surface area (Å²) in [6, 6.07) is 15.1. The Hall–Kier alpha value is -2.49. The highest BCUT2D eigenvalue weighted by Gasteiger charge is 2.09. The molecule has 0 bridgehead atoms. The van der Waals surface area contributed by atoms with Gasteiger partial charge in [0, 0.05) is 25.7 Å². The number of amides is 1. The van der Waals surface area contributed by atoms with Crippen LogP contribution in [0.5, 0.6) is 11.5 Å². The van der Waals surface area contributed by atoms with Crippen molar-refractivity contribution in [1.82, 2.24) is 16.0 Å². The summed E-state index contributed by atoms with van der Waals surface area (Å²) >= 11 is 0. The molecule has 0 radical (unpaired) electrons. The van der Waals surface area contributed by atoms with Crippen LogP contribution in [-0.2, 0) is 6.54 Å². The molecule has 3 N–H and O–H groups in total. The summed E-state index contributed by atoms with van der Waals surface area (Å²) in [5.41, 5.74) is 1.71. The molecule has 1 amide bonds. The second kappa shape index (κ2) is 13.7. The van der Waals surface area contributed by atoms with Crippen LogP contribution in [0.3, 0.4) is 0 Å². The first kappa shape index (κ1) is 25.5. The minimum atomic E-state index is -0.0822. The van der Waals surface area contributed by atoms with Gasteiger partial charge < -0.3 is 25.4 Å². The third-order valence-electron chi connectivity index (χ3n) is 4.19. The van der Waals surface area contributed by atoms with Gasteiger partial charge in [0.05, 0.1) is 13.7 Å². The normalized spacial score (nSPS) is 11.7. The molecule has 0 aliphatic heterocycles. The summed E-state index contributed by atoms with van der Waals surface area (Å²) in [5.74, 6) is 2.03. The minimum Gasteiger partial charge on any atom is -0.493 e. The highest BCUT2D eigenvalue weighted by molar-refractivity contribution is 14.0. The number of guanidine groups is 1. The Morgan fingerprint density at radius 3 is 2.30 bits per heavy atom. The van der Waals surface area contributed by atoms with Crippen LogP contribution in [0.25, 0.3) is 0 Å². The molecule has 0 saturated heterocycles. The number of ether oxygens (including phenoxy) is 2. The molecule has 30 heavy (non-hydrogen) atoms. The highest BCUT2D eigenvalue weighted by Crippen LogP contribution is 2.26. The van der Waals surface area contributed by atoms with Crippen molar-refractivity contribution in [2.75, 3.05) is 27.2 Å². The first-order chi connectivity index (χ1) is 14.1. The van der Waals surface area contributed by atoms with Gasteiger partial charge in [-0.25, -0.2) is 0 Å². The number of carbonyl (C=O) groups excluding carboxylic acids is 1. The van der Waals surface area contributed by atoms with Gasteiger partial charge >= 0.3 is 0 Å². The third-order valence-corrected chi connectivity index (χ3v) is 4.19. The number of para-hydroxylation sites is 2. The van der Waals surface area contributed by atoms with Crippen molar-refractivity contribution >= 4 is 35.8 Å². The summed E-state index contributed by atoms with van der Waals surface area (Å²) in [5, 5.41) is 9.30. The van der Waals surface area contributed by atoms with E-state index in [-0.39, 0.29) is 36.0 Å². The summed E-state index contributed by atoms with van der Waals surface area (Å²) < 4.78 is 11.3. The predicted octanol–water partition coefficient (Wildman–Crippen LogP) is 3.20. The molecule has 1 atom stereocenters. The Bertz CT molecular complexity index is 812. The fourth-order valence-corrected chi connectivity index (χ4v) is 2.66. The molecule has 0 aliphatic carbocycles. The van der Waals surface area contributed by atoms with Gasteiger partial charge in [-0.05, 0) is 43.7 Å². The van der Waals surface area contributed by atoms with Gasteiger partial charge in [-0.3, -0.25) is 9.79 Å². The number of rotatable bonds is 9. The van der Waals surface area contributed by atoms with Crippen LogP contribution in [0.15, 0.2) is 53.5 Å². The van der Waals surface area contributed by atoms with Crippen molar-refractivity contribution in [2.24, 2.45) is 4.99 Å². The van der Waals surface area contributed by atoms with Crippen LogP contribution in [-0.4, -0.2) is 45.2 Å². The first-order valence-corrected chi connectivity index (χ1v) is 9.68. The Labute approximate surface area is 195 Å². The Balaban J connectivity index is 0.00000450. The topological polar surface area (TPSA) is 84.0 Å². The van der Waals surface area contributed by atoms with Crippen molar-refractivity contribution < 1.29 is 14.3 Å². The van der Waals surface area contributed by atoms with E-state index in [9.17, 15) is 4.79 Å². The number of aliphatic imine (C=N–C) groups is 1. The number of benzene rings is 2. The van der Waals surface area contributed by atoms with E-state index in [0.29, 0.717) is 42.7 Å². The van der Waals surface area contributed by atoms with Crippen LogP contribution < -0.4 is 25.4 Å². The van der Waals surface area contributed by atoms with Gasteiger partial charge in [0.25, 0.3) is 5.91 Å². The molecule has 1 unspecified atom stereocenters. The van der Waals surface area contributed by atoms with Gasteiger partial charge in [-0.2, -0.15) is 0 Å². The van der Waals surface area contributed by atoms with Crippen molar-refractivity contribution in [3.05, 3.63) is 59.7 Å². The van der Waals surface area contributed by atoms with E-state index in [1.165, 1.54) is 0 Å².